The molecule has 1 heterocycles. The van der Waals surface area contributed by atoms with Crippen LogP contribution in [0.4, 0.5) is 5.69 Å². The second-order valence-electron chi connectivity index (χ2n) is 8.84. The number of aryl methyl sites for hydroxylation is 1. The number of Topliss-reactive ketones (excluding diaryl/α,β-unsaturated/α-hetero) is 1. The van der Waals surface area contributed by atoms with E-state index < -0.39 is 33.9 Å². The Bertz CT molecular complexity index is 988. The zero-order valence-corrected chi connectivity index (χ0v) is 20.8. The van der Waals surface area contributed by atoms with Gasteiger partial charge >= 0.3 is 0 Å². The van der Waals surface area contributed by atoms with Crippen molar-refractivity contribution in [2.75, 3.05) is 24.2 Å². The fourth-order valence-electron chi connectivity index (χ4n) is 3.91. The van der Waals surface area contributed by atoms with Gasteiger partial charge in [-0.2, -0.15) is 0 Å². The molecule has 2 aliphatic rings. The molecule has 3 N–H and O–H groups in total. The molecule has 0 bridgehead atoms. The Balaban J connectivity index is 0.00000187. The van der Waals surface area contributed by atoms with E-state index in [0.717, 1.165) is 25.5 Å². The van der Waals surface area contributed by atoms with Crippen LogP contribution in [0.1, 0.15) is 62.4 Å². The topological polar surface area (TPSA) is 131 Å². The van der Waals surface area contributed by atoms with E-state index >= 15 is 0 Å². The average Bonchev–Trinajstić information content (AvgIpc) is 3.12. The number of amides is 2. The first-order chi connectivity index (χ1) is 15.5. The Morgan fingerprint density at radius 2 is 1.91 bits per heavy atom. The molecule has 1 saturated carbocycles. The third kappa shape index (κ3) is 7.53. The summed E-state index contributed by atoms with van der Waals surface area (Å²) in [5.74, 6) is -1.03. The molecular formula is C23H35N3O6S. The van der Waals surface area contributed by atoms with Gasteiger partial charge in [-0.05, 0) is 55.4 Å². The standard InChI is InChI=1S/C21H29N3O6S.C2H6/c1-13-9-14(5-6-15(13)24-31(3,28)29)19(26)22-16(10-21(2)7-4-8-21)20(27)23-17-11-30-12-18(17)25;1-2/h5-6,9,16-17,24H,4,7-8,10-12H2,1-3H3,(H,22,26)(H,23,27);1-2H3. The van der Waals surface area contributed by atoms with Gasteiger partial charge in [0.15, 0.2) is 5.78 Å². The molecule has 1 aromatic carbocycles. The Labute approximate surface area is 196 Å². The van der Waals surface area contributed by atoms with Crippen molar-refractivity contribution in [2.24, 2.45) is 5.41 Å². The molecule has 1 aliphatic heterocycles. The van der Waals surface area contributed by atoms with Gasteiger partial charge in [-0.15, -0.1) is 0 Å². The molecular weight excluding hydrogens is 446 g/mol. The highest BCUT2D eigenvalue weighted by Crippen LogP contribution is 2.44. The number of anilines is 1. The molecule has 3 rings (SSSR count). The number of ketones is 1. The Kier molecular flexibility index (Phi) is 9.02. The van der Waals surface area contributed by atoms with E-state index in [2.05, 4.69) is 22.3 Å². The summed E-state index contributed by atoms with van der Waals surface area (Å²) >= 11 is 0. The van der Waals surface area contributed by atoms with Gasteiger partial charge in [-0.1, -0.05) is 27.2 Å². The molecule has 1 aliphatic carbocycles. The Hall–Kier alpha value is -2.46. The van der Waals surface area contributed by atoms with Crippen molar-refractivity contribution in [3.8, 4) is 0 Å². The maximum atomic E-state index is 12.9. The second-order valence-corrected chi connectivity index (χ2v) is 10.6. The summed E-state index contributed by atoms with van der Waals surface area (Å²) in [6.07, 6.45) is 4.56. The molecule has 2 unspecified atom stereocenters. The van der Waals surface area contributed by atoms with Crippen LogP contribution in [-0.2, 0) is 24.3 Å². The van der Waals surface area contributed by atoms with Crippen LogP contribution in [0.3, 0.4) is 0 Å². The van der Waals surface area contributed by atoms with Crippen molar-refractivity contribution in [1.29, 1.82) is 0 Å². The maximum Gasteiger partial charge on any atom is 0.251 e. The quantitative estimate of drug-likeness (QED) is 0.522. The lowest BCUT2D eigenvalue weighted by Gasteiger charge is -2.40. The normalized spacial score (nSPS) is 20.0. The van der Waals surface area contributed by atoms with Crippen LogP contribution < -0.4 is 15.4 Å². The van der Waals surface area contributed by atoms with E-state index in [1.54, 1.807) is 13.0 Å². The largest absolute Gasteiger partial charge is 0.371 e. The van der Waals surface area contributed by atoms with Crippen LogP contribution in [0.2, 0.25) is 0 Å². The molecule has 0 aromatic heterocycles. The predicted octanol–water partition coefficient (Wildman–Crippen LogP) is 2.16. The van der Waals surface area contributed by atoms with Crippen molar-refractivity contribution in [3.63, 3.8) is 0 Å². The minimum absolute atomic E-state index is 0.0210. The summed E-state index contributed by atoms with van der Waals surface area (Å²) in [6, 6.07) is 3.11. The van der Waals surface area contributed by atoms with Crippen LogP contribution in [0.25, 0.3) is 0 Å². The van der Waals surface area contributed by atoms with E-state index in [9.17, 15) is 22.8 Å². The fraction of sp³-hybridized carbons (Fsp3) is 0.609. The number of benzene rings is 1. The number of sulfonamides is 1. The summed E-state index contributed by atoms with van der Waals surface area (Å²) in [5.41, 5.74) is 1.24. The number of rotatable bonds is 8. The van der Waals surface area contributed by atoms with Crippen LogP contribution in [0.5, 0.6) is 0 Å². The number of hydrogen-bond donors (Lipinski definition) is 3. The second kappa shape index (κ2) is 11.1. The van der Waals surface area contributed by atoms with Gasteiger partial charge in [0.2, 0.25) is 15.9 Å². The Morgan fingerprint density at radius 3 is 2.39 bits per heavy atom. The summed E-state index contributed by atoms with van der Waals surface area (Å²) in [6.45, 7) is 7.89. The highest BCUT2D eigenvalue weighted by molar-refractivity contribution is 7.92. The molecule has 9 nitrogen and oxygen atoms in total. The number of carbonyl (C=O) groups is 3. The predicted molar refractivity (Wildman–Crippen MR) is 127 cm³/mol. The lowest BCUT2D eigenvalue weighted by molar-refractivity contribution is -0.128. The smallest absolute Gasteiger partial charge is 0.251 e. The van der Waals surface area contributed by atoms with Gasteiger partial charge in [0.05, 0.1) is 18.6 Å². The molecule has 1 saturated heterocycles. The number of carbonyl (C=O) groups excluding carboxylic acids is 3. The van der Waals surface area contributed by atoms with Crippen molar-refractivity contribution in [2.45, 2.75) is 65.5 Å². The highest BCUT2D eigenvalue weighted by Gasteiger charge is 2.38. The molecule has 33 heavy (non-hydrogen) atoms. The van der Waals surface area contributed by atoms with Crippen LogP contribution >= 0.6 is 0 Å². The first-order valence-electron chi connectivity index (χ1n) is 11.3. The fourth-order valence-corrected chi connectivity index (χ4v) is 4.54. The number of ether oxygens (including phenoxy) is 1. The van der Waals surface area contributed by atoms with Gasteiger partial charge in [0.25, 0.3) is 5.91 Å². The molecule has 2 fully saturated rings. The first kappa shape index (κ1) is 26.8. The third-order valence-electron chi connectivity index (χ3n) is 5.90. The van der Waals surface area contributed by atoms with Gasteiger partial charge in [-0.25, -0.2) is 8.42 Å². The number of hydrogen-bond acceptors (Lipinski definition) is 6. The van der Waals surface area contributed by atoms with Crippen molar-refractivity contribution >= 4 is 33.3 Å². The van der Waals surface area contributed by atoms with Crippen molar-refractivity contribution in [3.05, 3.63) is 29.3 Å². The van der Waals surface area contributed by atoms with Gasteiger partial charge in [-0.3, -0.25) is 19.1 Å². The van der Waals surface area contributed by atoms with Gasteiger partial charge in [0, 0.05) is 5.56 Å². The summed E-state index contributed by atoms with van der Waals surface area (Å²) < 4.78 is 30.4. The summed E-state index contributed by atoms with van der Waals surface area (Å²) in [4.78, 5) is 37.6. The van der Waals surface area contributed by atoms with Crippen molar-refractivity contribution in [1.82, 2.24) is 10.6 Å². The Morgan fingerprint density at radius 1 is 1.24 bits per heavy atom. The van der Waals surface area contributed by atoms with Crippen LogP contribution in [-0.4, -0.2) is 57.6 Å². The van der Waals surface area contributed by atoms with Gasteiger partial charge in [0.1, 0.15) is 18.7 Å². The van der Waals surface area contributed by atoms with E-state index in [0.29, 0.717) is 23.2 Å². The molecule has 2 amide bonds. The maximum absolute atomic E-state index is 12.9. The number of nitrogens with one attached hydrogen (secondary N) is 3. The van der Waals surface area contributed by atoms with E-state index in [-0.39, 0.29) is 24.4 Å². The first-order valence-corrected chi connectivity index (χ1v) is 13.2. The van der Waals surface area contributed by atoms with E-state index in [4.69, 9.17) is 4.74 Å². The molecule has 0 spiro atoms. The third-order valence-corrected chi connectivity index (χ3v) is 6.49. The van der Waals surface area contributed by atoms with Crippen LogP contribution in [0, 0.1) is 12.3 Å². The highest BCUT2D eigenvalue weighted by atomic mass is 32.2. The molecule has 10 heteroatoms. The zero-order chi connectivity index (χ0) is 24.8. The minimum Gasteiger partial charge on any atom is -0.371 e. The average molecular weight is 482 g/mol. The lowest BCUT2D eigenvalue weighted by atomic mass is 9.67. The minimum atomic E-state index is -3.44. The monoisotopic (exact) mass is 481 g/mol. The van der Waals surface area contributed by atoms with Crippen LogP contribution in [0.15, 0.2) is 18.2 Å². The SMILES string of the molecule is CC.Cc1cc(C(=O)NC(CC2(C)CCC2)C(=O)NC2COCC2=O)ccc1NS(C)(=O)=O. The summed E-state index contributed by atoms with van der Waals surface area (Å²) in [5, 5.41) is 5.50. The molecule has 184 valence electrons. The zero-order valence-electron chi connectivity index (χ0n) is 20.0. The van der Waals surface area contributed by atoms with E-state index in [1.807, 2.05) is 13.8 Å². The summed E-state index contributed by atoms with van der Waals surface area (Å²) in [7, 11) is -3.44. The molecule has 0 radical (unpaired) electrons. The van der Waals surface area contributed by atoms with E-state index in [1.165, 1.54) is 12.1 Å². The van der Waals surface area contributed by atoms with Gasteiger partial charge < -0.3 is 15.4 Å². The molecule has 2 atom stereocenters. The van der Waals surface area contributed by atoms with Crippen molar-refractivity contribution < 1.29 is 27.5 Å². The lowest BCUT2D eigenvalue weighted by Crippen LogP contribution is -2.53. The molecule has 1 aromatic rings.